The number of nitrogens with one attached hydrogen (secondary N) is 2. The number of pyridine rings is 1. The monoisotopic (exact) mass is 120 g/mol. The summed E-state index contributed by atoms with van der Waals surface area (Å²) in [6.07, 6.45) is 3.63. The predicted octanol–water partition coefficient (Wildman–Crippen LogP) is 0.377. The highest BCUT2D eigenvalue weighted by Crippen LogP contribution is 1.99. The third kappa shape index (κ3) is 0.579. The number of H-pyrrole nitrogens is 2. The minimum atomic E-state index is 1.04. The van der Waals surface area contributed by atoms with Crippen LogP contribution in [0.4, 0.5) is 0 Å². The lowest BCUT2D eigenvalue weighted by Gasteiger charge is -1.74. The van der Waals surface area contributed by atoms with E-state index >= 15 is 0 Å². The molecule has 0 aliphatic heterocycles. The maximum absolute atomic E-state index is 3.85. The van der Waals surface area contributed by atoms with Crippen LogP contribution in [-0.4, -0.2) is 10.2 Å². The molecule has 0 saturated carbocycles. The van der Waals surface area contributed by atoms with Crippen LogP contribution in [0.1, 0.15) is 0 Å². The summed E-state index contributed by atoms with van der Waals surface area (Å²) in [7, 11) is 0. The fraction of sp³-hybridized carbons (Fsp3) is 0. The molecule has 3 nitrogen and oxygen atoms in total. The molecule has 0 spiro atoms. The Kier molecular flexibility index (Phi) is 0.773. The van der Waals surface area contributed by atoms with Crippen LogP contribution in [0, 0.1) is 0 Å². The first-order valence-corrected chi connectivity index (χ1v) is 2.76. The lowest BCUT2D eigenvalue weighted by Crippen LogP contribution is -1.98. The van der Waals surface area contributed by atoms with Gasteiger partial charge in [-0.1, -0.05) is 0 Å². The molecule has 0 radical (unpaired) electrons. The number of fused-ring (bicyclic) bond motifs is 1. The van der Waals surface area contributed by atoms with Gasteiger partial charge >= 0.3 is 0 Å². The average molecular weight is 120 g/mol. The summed E-state index contributed by atoms with van der Waals surface area (Å²) >= 11 is 0. The maximum atomic E-state index is 3.85. The molecule has 44 valence electrons. The van der Waals surface area contributed by atoms with Gasteiger partial charge in [-0.15, -0.1) is 0 Å². The third-order valence-electron chi connectivity index (χ3n) is 1.27. The standard InChI is InChI=1S/C6H5N3/c1-2-5-6(7-3-1)4-8-9-5/h1-4H,(H,8,9)/p+1. The van der Waals surface area contributed by atoms with Gasteiger partial charge in [0.15, 0.2) is 6.20 Å². The molecular formula is C6H6N3+. The first kappa shape index (κ1) is 4.49. The normalized spacial score (nSPS) is 10.2. The van der Waals surface area contributed by atoms with E-state index in [0.717, 1.165) is 11.0 Å². The molecule has 0 bridgehead atoms. The Labute approximate surface area is 51.7 Å². The molecule has 2 N–H and O–H groups in total. The van der Waals surface area contributed by atoms with Gasteiger partial charge in [0.05, 0.1) is 0 Å². The fourth-order valence-electron chi connectivity index (χ4n) is 0.820. The maximum Gasteiger partial charge on any atom is 0.249 e. The van der Waals surface area contributed by atoms with Gasteiger partial charge in [-0.3, -0.25) is 5.10 Å². The van der Waals surface area contributed by atoms with E-state index in [9.17, 15) is 0 Å². The highest BCUT2D eigenvalue weighted by atomic mass is 15.1. The highest BCUT2D eigenvalue weighted by Gasteiger charge is 1.96. The van der Waals surface area contributed by atoms with Gasteiger partial charge in [0.1, 0.15) is 11.7 Å². The van der Waals surface area contributed by atoms with Crippen molar-refractivity contribution in [2.75, 3.05) is 0 Å². The van der Waals surface area contributed by atoms with Crippen molar-refractivity contribution in [2.45, 2.75) is 0 Å². The van der Waals surface area contributed by atoms with Crippen molar-refractivity contribution in [1.82, 2.24) is 10.2 Å². The number of rotatable bonds is 0. The summed E-state index contributed by atoms with van der Waals surface area (Å²) in [4.78, 5) is 3.04. The summed E-state index contributed by atoms with van der Waals surface area (Å²) < 4.78 is 0. The van der Waals surface area contributed by atoms with Gasteiger partial charge in [0.25, 0.3) is 0 Å². The van der Waals surface area contributed by atoms with Crippen LogP contribution >= 0.6 is 0 Å². The van der Waals surface area contributed by atoms with Crippen LogP contribution in [0.5, 0.6) is 0 Å². The van der Waals surface area contributed by atoms with Crippen LogP contribution in [0.3, 0.4) is 0 Å². The van der Waals surface area contributed by atoms with Crippen molar-refractivity contribution in [3.8, 4) is 0 Å². The molecule has 0 atom stereocenters. The first-order chi connectivity index (χ1) is 4.47. The largest absolute Gasteiger partial charge is 0.272 e. The first-order valence-electron chi connectivity index (χ1n) is 2.76. The lowest BCUT2D eigenvalue weighted by atomic mass is 10.4. The Balaban J connectivity index is 2.95. The summed E-state index contributed by atoms with van der Waals surface area (Å²) in [5.41, 5.74) is 2.08. The summed E-state index contributed by atoms with van der Waals surface area (Å²) in [5.74, 6) is 0. The van der Waals surface area contributed by atoms with Crippen molar-refractivity contribution in [3.05, 3.63) is 24.5 Å². The molecule has 0 fully saturated rings. The van der Waals surface area contributed by atoms with Crippen molar-refractivity contribution in [3.63, 3.8) is 0 Å². The van der Waals surface area contributed by atoms with Gasteiger partial charge < -0.3 is 0 Å². The number of hydrogen-bond acceptors (Lipinski definition) is 1. The Hall–Kier alpha value is -1.38. The molecule has 2 rings (SSSR count). The van der Waals surface area contributed by atoms with Gasteiger partial charge in [0.2, 0.25) is 5.52 Å². The van der Waals surface area contributed by atoms with Crippen LogP contribution < -0.4 is 4.98 Å². The number of hydrogen-bond donors (Lipinski definition) is 1. The van der Waals surface area contributed by atoms with E-state index in [2.05, 4.69) is 15.2 Å². The zero-order chi connectivity index (χ0) is 6.10. The zero-order valence-corrected chi connectivity index (χ0v) is 4.76. The molecule has 2 aromatic rings. The second kappa shape index (κ2) is 1.55. The van der Waals surface area contributed by atoms with E-state index in [-0.39, 0.29) is 0 Å². The molecule has 0 aliphatic carbocycles. The highest BCUT2D eigenvalue weighted by molar-refractivity contribution is 5.68. The van der Waals surface area contributed by atoms with E-state index in [1.807, 2.05) is 18.3 Å². The molecular weight excluding hydrogens is 114 g/mol. The Morgan fingerprint density at radius 2 is 2.56 bits per heavy atom. The van der Waals surface area contributed by atoms with Crippen molar-refractivity contribution < 1.29 is 4.98 Å². The molecule has 0 amide bonds. The van der Waals surface area contributed by atoms with Gasteiger partial charge in [-0.2, -0.15) is 5.10 Å². The Bertz CT molecular complexity index is 282. The van der Waals surface area contributed by atoms with Crippen LogP contribution in [-0.2, 0) is 0 Å². The molecule has 0 saturated heterocycles. The molecule has 2 heterocycles. The Morgan fingerprint density at radius 1 is 1.56 bits per heavy atom. The number of aromatic nitrogens is 3. The SMILES string of the molecule is c1c[nH+]c2cn[nH]c2c1. The molecule has 0 aromatic carbocycles. The van der Waals surface area contributed by atoms with Crippen LogP contribution in [0.25, 0.3) is 11.0 Å². The zero-order valence-electron chi connectivity index (χ0n) is 4.76. The van der Waals surface area contributed by atoms with Gasteiger partial charge in [0, 0.05) is 6.07 Å². The summed E-state index contributed by atoms with van der Waals surface area (Å²) in [5, 5.41) is 6.68. The topological polar surface area (TPSA) is 42.8 Å². The molecule has 9 heavy (non-hydrogen) atoms. The fourth-order valence-corrected chi connectivity index (χ4v) is 0.820. The molecule has 3 heteroatoms. The van der Waals surface area contributed by atoms with E-state index in [4.69, 9.17) is 0 Å². The van der Waals surface area contributed by atoms with Gasteiger partial charge in [-0.05, 0) is 6.07 Å². The molecule has 0 unspecified atom stereocenters. The smallest absolute Gasteiger partial charge is 0.249 e. The second-order valence-electron chi connectivity index (χ2n) is 1.87. The number of nitrogens with zero attached hydrogens (tertiary/aromatic N) is 1. The van der Waals surface area contributed by atoms with Crippen LogP contribution in [0.2, 0.25) is 0 Å². The lowest BCUT2D eigenvalue weighted by molar-refractivity contribution is -0.344. The second-order valence-corrected chi connectivity index (χ2v) is 1.87. The van der Waals surface area contributed by atoms with Crippen molar-refractivity contribution in [1.29, 1.82) is 0 Å². The van der Waals surface area contributed by atoms with Crippen molar-refractivity contribution in [2.24, 2.45) is 0 Å². The van der Waals surface area contributed by atoms with E-state index in [1.165, 1.54) is 0 Å². The average Bonchev–Trinajstić information content (AvgIpc) is 2.33. The van der Waals surface area contributed by atoms with E-state index in [1.54, 1.807) is 6.20 Å². The third-order valence-corrected chi connectivity index (χ3v) is 1.27. The minimum absolute atomic E-state index is 1.04. The molecule has 2 aromatic heterocycles. The minimum Gasteiger partial charge on any atom is -0.272 e. The predicted molar refractivity (Wildman–Crippen MR) is 32.6 cm³/mol. The Morgan fingerprint density at radius 3 is 3.44 bits per heavy atom. The quantitative estimate of drug-likeness (QED) is 0.536. The summed E-state index contributed by atoms with van der Waals surface area (Å²) in [6.45, 7) is 0. The molecule has 0 aliphatic rings. The summed E-state index contributed by atoms with van der Waals surface area (Å²) in [6, 6.07) is 3.90. The van der Waals surface area contributed by atoms with Crippen molar-refractivity contribution >= 4 is 11.0 Å². The number of aromatic amines is 2. The van der Waals surface area contributed by atoms with Crippen LogP contribution in [0.15, 0.2) is 24.5 Å². The van der Waals surface area contributed by atoms with E-state index in [0.29, 0.717) is 0 Å². The van der Waals surface area contributed by atoms with Gasteiger partial charge in [-0.25, -0.2) is 4.98 Å². The van der Waals surface area contributed by atoms with E-state index < -0.39 is 0 Å².